The van der Waals surface area contributed by atoms with E-state index in [4.69, 9.17) is 0 Å². The zero-order valence-electron chi connectivity index (χ0n) is 29.6. The summed E-state index contributed by atoms with van der Waals surface area (Å²) in [6.45, 7) is 0. The van der Waals surface area contributed by atoms with Crippen LogP contribution in [-0.2, 0) is 0 Å². The highest BCUT2D eigenvalue weighted by atomic mass is 14.2. The summed E-state index contributed by atoms with van der Waals surface area (Å²) >= 11 is 0. The molecule has 0 bridgehead atoms. The van der Waals surface area contributed by atoms with Crippen molar-refractivity contribution >= 4 is 64.6 Å². The van der Waals surface area contributed by atoms with E-state index in [1.807, 2.05) is 0 Å². The first kappa shape index (κ1) is 30.6. The van der Waals surface area contributed by atoms with Crippen LogP contribution in [0.5, 0.6) is 0 Å². The molecule has 0 N–H and O–H groups in total. The van der Waals surface area contributed by atoms with Gasteiger partial charge in [0.2, 0.25) is 0 Å². The summed E-state index contributed by atoms with van der Waals surface area (Å²) in [5.41, 5.74) is 9.94. The van der Waals surface area contributed by atoms with Gasteiger partial charge in [-0.05, 0) is 146 Å². The molecule has 0 fully saturated rings. The summed E-state index contributed by atoms with van der Waals surface area (Å²) in [7, 11) is 0. The molecule has 0 spiro atoms. The topological polar surface area (TPSA) is 0 Å². The molecule has 250 valence electrons. The summed E-state index contributed by atoms with van der Waals surface area (Å²) < 4.78 is 0. The van der Waals surface area contributed by atoms with Crippen molar-refractivity contribution in [3.8, 4) is 44.5 Å². The normalized spacial score (nSPS) is 11.7. The van der Waals surface area contributed by atoms with Gasteiger partial charge in [0.25, 0.3) is 0 Å². The van der Waals surface area contributed by atoms with Crippen LogP contribution in [0.4, 0.5) is 0 Å². The van der Waals surface area contributed by atoms with Crippen LogP contribution >= 0.6 is 0 Å². The van der Waals surface area contributed by atoms with Crippen LogP contribution in [-0.4, -0.2) is 0 Å². The third kappa shape index (κ3) is 5.07. The highest BCUT2D eigenvalue weighted by Gasteiger charge is 2.12. The quantitative estimate of drug-likeness (QED) is 0.162. The van der Waals surface area contributed by atoms with Gasteiger partial charge in [-0.3, -0.25) is 0 Å². The van der Waals surface area contributed by atoms with Gasteiger partial charge in [-0.1, -0.05) is 170 Å². The SMILES string of the molecule is c1ccc2c(c1)cc(-c1ccc(-c3ccc4cc(-c5ccc6cc(-c7cc8ccccc8c8ccccc78)ccc6c5)ccc4c3)cc1)c1ccccc12. The Morgan fingerprint density at radius 1 is 0.167 bits per heavy atom. The minimum absolute atomic E-state index is 1.22. The monoisotopic (exact) mass is 682 g/mol. The maximum absolute atomic E-state index is 2.34. The van der Waals surface area contributed by atoms with Crippen LogP contribution in [0.3, 0.4) is 0 Å². The fraction of sp³-hybridized carbons (Fsp3) is 0. The first-order valence-corrected chi connectivity index (χ1v) is 18.7. The molecule has 0 amide bonds. The molecule has 0 saturated carbocycles. The lowest BCUT2D eigenvalue weighted by Crippen LogP contribution is -1.86. The van der Waals surface area contributed by atoms with Crippen LogP contribution < -0.4 is 0 Å². The molecule has 0 aromatic heterocycles. The molecule has 0 atom stereocenters. The lowest BCUT2D eigenvalue weighted by Gasteiger charge is -2.13. The Labute approximate surface area is 314 Å². The van der Waals surface area contributed by atoms with Crippen molar-refractivity contribution in [1.82, 2.24) is 0 Å². The fourth-order valence-electron chi connectivity index (χ4n) is 8.63. The van der Waals surface area contributed by atoms with Crippen molar-refractivity contribution in [3.05, 3.63) is 206 Å². The van der Waals surface area contributed by atoms with Crippen molar-refractivity contribution < 1.29 is 0 Å². The van der Waals surface area contributed by atoms with Gasteiger partial charge in [0, 0.05) is 0 Å². The molecular weight excluding hydrogens is 649 g/mol. The van der Waals surface area contributed by atoms with Crippen LogP contribution in [0, 0.1) is 0 Å². The van der Waals surface area contributed by atoms with E-state index in [0.717, 1.165) is 0 Å². The van der Waals surface area contributed by atoms with E-state index in [0.29, 0.717) is 0 Å². The largest absolute Gasteiger partial charge is 0.0616 e. The third-order valence-electron chi connectivity index (χ3n) is 11.4. The van der Waals surface area contributed by atoms with E-state index in [2.05, 4.69) is 206 Å². The summed E-state index contributed by atoms with van der Waals surface area (Å²) in [4.78, 5) is 0. The van der Waals surface area contributed by atoms with Crippen molar-refractivity contribution in [2.24, 2.45) is 0 Å². The standard InChI is InChI=1S/C54H34/c1-3-11-47-44(9-1)33-53(51-15-7-5-13-49(47)51)36-19-17-35(18-20-36)37-21-22-39-30-40(24-23-38(39)29-37)41-25-26-43-32-46(28-27-42(43)31-41)54-34-45-10-2-4-12-48(45)50-14-6-8-16-52(50)54/h1-34H. The predicted molar refractivity (Wildman–Crippen MR) is 233 cm³/mol. The van der Waals surface area contributed by atoms with Gasteiger partial charge in [-0.2, -0.15) is 0 Å². The average molecular weight is 683 g/mol. The Kier molecular flexibility index (Phi) is 6.97. The molecule has 11 aromatic rings. The maximum Gasteiger partial charge on any atom is -0.00988 e. The predicted octanol–water partition coefficient (Wildman–Crippen LogP) is 15.3. The molecule has 54 heavy (non-hydrogen) atoms. The van der Waals surface area contributed by atoms with Gasteiger partial charge in [0.1, 0.15) is 0 Å². The number of rotatable bonds is 4. The lowest BCUT2D eigenvalue weighted by atomic mass is 9.91. The fourth-order valence-corrected chi connectivity index (χ4v) is 8.63. The molecule has 0 aliphatic rings. The summed E-state index contributed by atoms with van der Waals surface area (Å²) in [6.07, 6.45) is 0. The van der Waals surface area contributed by atoms with Gasteiger partial charge in [-0.15, -0.1) is 0 Å². The summed E-state index contributed by atoms with van der Waals surface area (Å²) in [5.74, 6) is 0. The Bertz CT molecular complexity index is 3260. The zero-order valence-corrected chi connectivity index (χ0v) is 29.6. The van der Waals surface area contributed by atoms with E-state index in [-0.39, 0.29) is 0 Å². The van der Waals surface area contributed by atoms with Crippen molar-refractivity contribution in [2.45, 2.75) is 0 Å². The molecule has 0 aliphatic heterocycles. The Balaban J connectivity index is 0.896. The van der Waals surface area contributed by atoms with E-state index in [1.54, 1.807) is 0 Å². The zero-order chi connectivity index (χ0) is 35.6. The smallest absolute Gasteiger partial charge is 0.00988 e. The Morgan fingerprint density at radius 3 is 0.963 bits per heavy atom. The lowest BCUT2D eigenvalue weighted by molar-refractivity contribution is 1.62. The minimum Gasteiger partial charge on any atom is -0.0616 e. The van der Waals surface area contributed by atoms with E-state index in [1.165, 1.54) is 109 Å². The summed E-state index contributed by atoms with van der Waals surface area (Å²) in [5, 5.41) is 15.3. The molecule has 11 aromatic carbocycles. The van der Waals surface area contributed by atoms with Crippen molar-refractivity contribution in [2.75, 3.05) is 0 Å². The van der Waals surface area contributed by atoms with Gasteiger partial charge >= 0.3 is 0 Å². The first-order chi connectivity index (χ1) is 26.7. The van der Waals surface area contributed by atoms with Gasteiger partial charge in [0.15, 0.2) is 0 Å². The number of fused-ring (bicyclic) bond motifs is 8. The van der Waals surface area contributed by atoms with Crippen LogP contribution in [0.25, 0.3) is 109 Å². The molecule has 0 unspecified atom stereocenters. The second-order valence-corrected chi connectivity index (χ2v) is 14.5. The van der Waals surface area contributed by atoms with E-state index >= 15 is 0 Å². The second-order valence-electron chi connectivity index (χ2n) is 14.5. The molecule has 11 rings (SSSR count). The molecule has 0 radical (unpaired) electrons. The minimum atomic E-state index is 1.22. The molecule has 0 nitrogen and oxygen atoms in total. The Hall–Kier alpha value is -7.02. The van der Waals surface area contributed by atoms with Crippen molar-refractivity contribution in [1.29, 1.82) is 0 Å². The highest BCUT2D eigenvalue weighted by molar-refractivity contribution is 6.15. The molecule has 0 heterocycles. The van der Waals surface area contributed by atoms with Crippen LogP contribution in [0.15, 0.2) is 206 Å². The molecule has 0 aliphatic carbocycles. The number of hydrogen-bond acceptors (Lipinski definition) is 0. The van der Waals surface area contributed by atoms with Crippen molar-refractivity contribution in [3.63, 3.8) is 0 Å². The van der Waals surface area contributed by atoms with E-state index in [9.17, 15) is 0 Å². The third-order valence-corrected chi connectivity index (χ3v) is 11.4. The summed E-state index contributed by atoms with van der Waals surface area (Å²) in [6, 6.07) is 76.1. The van der Waals surface area contributed by atoms with Gasteiger partial charge in [-0.25, -0.2) is 0 Å². The van der Waals surface area contributed by atoms with E-state index < -0.39 is 0 Å². The number of benzene rings is 11. The van der Waals surface area contributed by atoms with Gasteiger partial charge < -0.3 is 0 Å². The van der Waals surface area contributed by atoms with Crippen LogP contribution in [0.2, 0.25) is 0 Å². The average Bonchev–Trinajstić information content (AvgIpc) is 3.25. The molecular formula is C54H34. The number of hydrogen-bond donors (Lipinski definition) is 0. The highest BCUT2D eigenvalue weighted by Crippen LogP contribution is 2.38. The van der Waals surface area contributed by atoms with Gasteiger partial charge in [0.05, 0.1) is 0 Å². The first-order valence-electron chi connectivity index (χ1n) is 18.7. The van der Waals surface area contributed by atoms with Crippen LogP contribution in [0.1, 0.15) is 0 Å². The Morgan fingerprint density at radius 2 is 0.481 bits per heavy atom. The maximum atomic E-state index is 2.34. The second kappa shape index (κ2) is 12.3. The molecule has 0 saturated heterocycles. The molecule has 0 heteroatoms.